The molecule has 0 spiro atoms. The Bertz CT molecular complexity index is 1890. The van der Waals surface area contributed by atoms with Crippen molar-refractivity contribution in [2.75, 3.05) is 64.3 Å². The second-order valence-corrected chi connectivity index (χ2v) is 14.2. The number of sulfonamides is 1. The number of nitrogens with zero attached hydrogens (tertiary/aromatic N) is 5. The van der Waals surface area contributed by atoms with Crippen molar-refractivity contribution < 1.29 is 31.9 Å². The lowest BCUT2D eigenvalue weighted by Gasteiger charge is -2.42. The third-order valence-electron chi connectivity index (χ3n) is 9.64. The lowest BCUT2D eigenvalue weighted by Crippen LogP contribution is -2.59. The number of likely N-dealkylation sites (N-methyl/N-ethyl adjacent to an activating group) is 1. The van der Waals surface area contributed by atoms with Gasteiger partial charge in [0.15, 0.2) is 5.41 Å². The molecule has 3 aliphatic rings. The van der Waals surface area contributed by atoms with Crippen molar-refractivity contribution >= 4 is 27.5 Å². The monoisotopic (exact) mass is 690 g/mol. The summed E-state index contributed by atoms with van der Waals surface area (Å²) < 4.78 is 55.5. The number of amides is 2. The molecule has 2 amide bonds. The maximum Gasteiger partial charge on any atom is 0.270 e. The van der Waals surface area contributed by atoms with Gasteiger partial charge in [0.25, 0.3) is 21.8 Å². The Hall–Kier alpha value is -4.55. The Kier molecular flexibility index (Phi) is 9.63. The smallest absolute Gasteiger partial charge is 0.270 e. The number of hydrogen-bond donors (Lipinski definition) is 1. The standard InChI is InChI=1S/C35H39FN6O6S/c1-4-48-32-8-6-5-7-28(32)35(33(43)38-41-15-13-25(14-16-41)40-19-17-39(2)18-20-40)29-21-24(23-37)30(36)22-31(29)42(34(35)44)49(45,46)27-11-9-26(47-3)10-12-27/h5-12,21-22,25H,4,13-20H2,1-3H3,(H,38,43). The number of hydrogen-bond acceptors (Lipinski definition) is 10. The van der Waals surface area contributed by atoms with Crippen LogP contribution in [0.1, 0.15) is 36.5 Å². The second-order valence-electron chi connectivity index (χ2n) is 12.4. The summed E-state index contributed by atoms with van der Waals surface area (Å²) in [6.45, 7) is 6.81. The molecule has 0 bridgehead atoms. The Morgan fingerprint density at radius 3 is 2.33 bits per heavy atom. The minimum atomic E-state index is -4.72. The van der Waals surface area contributed by atoms with Gasteiger partial charge in [-0.2, -0.15) is 5.26 Å². The van der Waals surface area contributed by atoms with Gasteiger partial charge in [-0.3, -0.25) is 19.9 Å². The van der Waals surface area contributed by atoms with Crippen molar-refractivity contribution in [2.45, 2.75) is 36.1 Å². The molecule has 49 heavy (non-hydrogen) atoms. The number of ether oxygens (including phenoxy) is 2. The first-order valence-corrected chi connectivity index (χ1v) is 17.7. The van der Waals surface area contributed by atoms with Gasteiger partial charge >= 0.3 is 0 Å². The van der Waals surface area contributed by atoms with Crippen molar-refractivity contribution in [2.24, 2.45) is 0 Å². The van der Waals surface area contributed by atoms with Crippen molar-refractivity contribution in [1.82, 2.24) is 20.2 Å². The molecule has 6 rings (SSSR count). The van der Waals surface area contributed by atoms with Crippen molar-refractivity contribution in [3.8, 4) is 17.6 Å². The van der Waals surface area contributed by atoms with Gasteiger partial charge in [0, 0.05) is 62.5 Å². The number of rotatable bonds is 9. The minimum absolute atomic E-state index is 0.0656. The summed E-state index contributed by atoms with van der Waals surface area (Å²) in [4.78, 5) is 34.4. The van der Waals surface area contributed by atoms with Crippen LogP contribution in [0.4, 0.5) is 10.1 Å². The van der Waals surface area contributed by atoms with Gasteiger partial charge in [-0.25, -0.2) is 22.1 Å². The molecule has 0 saturated carbocycles. The molecule has 1 atom stereocenters. The maximum absolute atomic E-state index is 15.4. The number of carbonyl (C=O) groups excluding carboxylic acids is 2. The van der Waals surface area contributed by atoms with E-state index in [9.17, 15) is 18.5 Å². The van der Waals surface area contributed by atoms with Crippen LogP contribution in [-0.2, 0) is 25.0 Å². The Balaban J connectivity index is 1.46. The van der Waals surface area contributed by atoms with Crippen LogP contribution < -0.4 is 19.2 Å². The van der Waals surface area contributed by atoms with E-state index in [0.717, 1.165) is 51.2 Å². The highest BCUT2D eigenvalue weighted by atomic mass is 32.2. The first-order valence-electron chi connectivity index (χ1n) is 16.2. The van der Waals surface area contributed by atoms with E-state index in [2.05, 4.69) is 22.3 Å². The average Bonchev–Trinajstić information content (AvgIpc) is 3.36. The molecule has 3 aromatic rings. The Morgan fingerprint density at radius 2 is 1.69 bits per heavy atom. The number of benzene rings is 3. The van der Waals surface area contributed by atoms with E-state index in [1.807, 2.05) is 0 Å². The molecule has 1 N–H and O–H groups in total. The van der Waals surface area contributed by atoms with Crippen molar-refractivity contribution in [3.05, 3.63) is 83.2 Å². The molecular weight excluding hydrogens is 651 g/mol. The fraction of sp³-hybridized carbons (Fsp3) is 0.400. The first-order chi connectivity index (χ1) is 23.6. The lowest BCUT2D eigenvalue weighted by molar-refractivity contribution is -0.137. The number of carbonyl (C=O) groups is 2. The molecule has 0 aliphatic carbocycles. The number of piperidine rings is 1. The zero-order chi connectivity index (χ0) is 34.9. The van der Waals surface area contributed by atoms with Crippen LogP contribution in [-0.4, -0.2) is 101 Å². The molecule has 2 fully saturated rings. The summed E-state index contributed by atoms with van der Waals surface area (Å²) in [5, 5.41) is 11.6. The summed E-state index contributed by atoms with van der Waals surface area (Å²) in [7, 11) is -1.19. The number of anilines is 1. The second kappa shape index (κ2) is 13.8. The average molecular weight is 691 g/mol. The molecule has 14 heteroatoms. The van der Waals surface area contributed by atoms with E-state index >= 15 is 9.18 Å². The molecule has 258 valence electrons. The molecule has 2 saturated heterocycles. The molecular formula is C35H39FN6O6S. The van der Waals surface area contributed by atoms with E-state index in [-0.39, 0.29) is 34.1 Å². The molecule has 1 unspecified atom stereocenters. The van der Waals surface area contributed by atoms with E-state index in [0.29, 0.717) is 29.2 Å². The van der Waals surface area contributed by atoms with Crippen LogP contribution in [0, 0.1) is 17.1 Å². The van der Waals surface area contributed by atoms with Gasteiger partial charge in [-0.05, 0) is 63.2 Å². The molecule has 3 heterocycles. The highest BCUT2D eigenvalue weighted by Gasteiger charge is 2.62. The Morgan fingerprint density at radius 1 is 1.02 bits per heavy atom. The highest BCUT2D eigenvalue weighted by molar-refractivity contribution is 7.93. The van der Waals surface area contributed by atoms with Crippen LogP contribution in [0.3, 0.4) is 0 Å². The highest BCUT2D eigenvalue weighted by Crippen LogP contribution is 2.51. The van der Waals surface area contributed by atoms with Gasteiger partial charge in [0.2, 0.25) is 0 Å². The fourth-order valence-corrected chi connectivity index (χ4v) is 8.46. The zero-order valence-electron chi connectivity index (χ0n) is 27.7. The van der Waals surface area contributed by atoms with E-state index < -0.39 is 38.6 Å². The van der Waals surface area contributed by atoms with Crippen LogP contribution >= 0.6 is 0 Å². The van der Waals surface area contributed by atoms with Crippen molar-refractivity contribution in [3.63, 3.8) is 0 Å². The van der Waals surface area contributed by atoms with E-state index in [1.54, 1.807) is 36.2 Å². The third kappa shape index (κ3) is 6.01. The van der Waals surface area contributed by atoms with Crippen molar-refractivity contribution in [1.29, 1.82) is 5.26 Å². The summed E-state index contributed by atoms with van der Waals surface area (Å²) >= 11 is 0. The molecule has 0 aromatic heterocycles. The molecule has 3 aliphatic heterocycles. The lowest BCUT2D eigenvalue weighted by atomic mass is 9.73. The van der Waals surface area contributed by atoms with Gasteiger partial charge in [0.05, 0.1) is 29.9 Å². The first kappa shape index (κ1) is 34.3. The molecule has 12 nitrogen and oxygen atoms in total. The predicted molar refractivity (Wildman–Crippen MR) is 179 cm³/mol. The number of fused-ring (bicyclic) bond motifs is 1. The summed E-state index contributed by atoms with van der Waals surface area (Å²) in [6, 6.07) is 15.8. The number of nitriles is 1. The third-order valence-corrected chi connectivity index (χ3v) is 11.4. The number of para-hydroxylation sites is 1. The molecule has 3 aromatic carbocycles. The maximum atomic E-state index is 15.4. The number of piperazine rings is 1. The van der Waals surface area contributed by atoms with Crippen LogP contribution in [0.15, 0.2) is 65.6 Å². The topological polar surface area (TPSA) is 136 Å². The van der Waals surface area contributed by atoms with E-state index in [4.69, 9.17) is 9.47 Å². The van der Waals surface area contributed by atoms with E-state index in [1.165, 1.54) is 37.4 Å². The fourth-order valence-electron chi connectivity index (χ4n) is 7.00. The van der Waals surface area contributed by atoms with Gasteiger partial charge in [-0.1, -0.05) is 18.2 Å². The molecule has 0 radical (unpaired) electrons. The van der Waals surface area contributed by atoms with Crippen LogP contribution in [0.25, 0.3) is 0 Å². The number of hydrazine groups is 1. The van der Waals surface area contributed by atoms with Crippen LogP contribution in [0.5, 0.6) is 11.5 Å². The number of nitrogens with one attached hydrogen (secondary N) is 1. The van der Waals surface area contributed by atoms with Gasteiger partial charge in [-0.15, -0.1) is 0 Å². The Labute approximate surface area is 285 Å². The quantitative estimate of drug-likeness (QED) is 0.334. The predicted octanol–water partition coefficient (Wildman–Crippen LogP) is 2.87. The van der Waals surface area contributed by atoms with Gasteiger partial charge in [0.1, 0.15) is 23.4 Å². The normalized spacial score (nSPS) is 20.9. The summed E-state index contributed by atoms with van der Waals surface area (Å²) in [5.41, 5.74) is -0.341. The van der Waals surface area contributed by atoms with Gasteiger partial charge < -0.3 is 14.4 Å². The largest absolute Gasteiger partial charge is 0.497 e. The SMILES string of the molecule is CCOc1ccccc1C1(C(=O)NN2CCC(N3CCN(C)CC3)CC2)C(=O)N(S(=O)(=O)c2ccc(OC)cc2)c2cc(F)c(C#N)cc21. The summed E-state index contributed by atoms with van der Waals surface area (Å²) in [5.74, 6) is -2.48. The minimum Gasteiger partial charge on any atom is -0.497 e. The number of halogens is 1. The number of methoxy groups -OCH3 is 1. The summed E-state index contributed by atoms with van der Waals surface area (Å²) in [6.07, 6.45) is 1.55. The zero-order valence-corrected chi connectivity index (χ0v) is 28.5. The van der Waals surface area contributed by atoms with Crippen LogP contribution in [0.2, 0.25) is 0 Å².